The van der Waals surface area contributed by atoms with E-state index in [2.05, 4.69) is 167 Å². The van der Waals surface area contributed by atoms with E-state index in [0.29, 0.717) is 87.4 Å². The van der Waals surface area contributed by atoms with Crippen LogP contribution in [0.3, 0.4) is 0 Å². The molecule has 10 rings (SSSR count). The minimum absolute atomic E-state index is 0.139. The standard InChI is InChI=1S/C17H30N3O5P.C15H25N2O4PS.C15H25N2O4P.C14H23N2O4P.C14H23N2O3PS/c1-5-7-18-10-20-9-11(16(23)19-17(20)24)15-14(22)13(21)12(25-15)6-8-26(2,3)4;1-9-10(7-17(8-18)15(23)16-9)14-13(20)12(19)11(21-14)5-6-22(2,3)4;1-9-10(8-17(2)15(20)16-9)14-13(19)12(18)11(21-14)6-7-22(3,4)5;1-8-9(7-15-14(19)16-8)13-12(18)11(17)10(20-13)5-6-21(2,3)4;1-8-9(7-15-14(21)16-8)13-12(18)11(17)10(19-13)5-6-20(2,3)4/h9,12-15,18,21-22H,2,5-8,10H2,1,3-4H3,(H,19,23,24);7,11-14,18-20H,1-2,5-6,8H2,3-4H3,(H,16,23);8,11-14,18-19H,1,3,6-7H2,2,4-5H3,(H,16,20);7,10-13,17-18H,1-2,5-6H2,3-4H3,(H2,15,16,19);7,10-13,17-18H,1-2,5-6H2,3-4H3,(H2,15,16,21)/t12-,13-,14-,15+;2*11-,12-,13-,14+;2*10-,11-,12-,13+/m11111/s1. The minimum Gasteiger partial charge on any atom is -0.388 e. The van der Waals surface area contributed by atoms with Crippen LogP contribution >= 0.6 is 58.9 Å². The van der Waals surface area contributed by atoms with Gasteiger partial charge in [-0.3, -0.25) is 19.7 Å². The number of nitrogens with zero attached hydrogens (tertiary/aromatic N) is 3. The zero-order chi connectivity index (χ0) is 85.1. The molecule has 5 fully saturated rings. The first-order chi connectivity index (χ1) is 52.2. The summed E-state index contributed by atoms with van der Waals surface area (Å²) in [6.07, 6.45) is 20.8. The van der Waals surface area contributed by atoms with Gasteiger partial charge in [-0.2, -0.15) is 0 Å². The summed E-state index contributed by atoms with van der Waals surface area (Å²) in [5.41, 5.74) is 3.24. The van der Waals surface area contributed by atoms with Crippen LogP contribution in [0.15, 0.2) is 112 Å². The Hall–Kier alpha value is -4.66. The molecule has 4 amide bonds. The largest absolute Gasteiger partial charge is 0.388 e. The molecule has 31 nitrogen and oxygen atoms in total. The number of hydrogen-bond acceptors (Lipinski definition) is 23. The van der Waals surface area contributed by atoms with Gasteiger partial charge in [0.2, 0.25) is 0 Å². The number of H-pyrrole nitrogens is 1. The molecule has 19 N–H and O–H groups in total. The molecule has 1 aromatic heterocycles. The van der Waals surface area contributed by atoms with E-state index in [4.69, 9.17) is 48.1 Å². The molecular weight excluding hydrogens is 1590 g/mol. The maximum atomic E-state index is 12.2. The van der Waals surface area contributed by atoms with Crippen molar-refractivity contribution < 1.29 is 89.4 Å². The second kappa shape index (κ2) is 41.3. The van der Waals surface area contributed by atoms with Crippen molar-refractivity contribution >= 4 is 113 Å². The number of carbonyl (C=O) groups excluding carboxylic acids is 2. The van der Waals surface area contributed by atoms with Crippen LogP contribution in [0.1, 0.15) is 57.1 Å². The fourth-order valence-corrected chi connectivity index (χ4v) is 18.3. The molecule has 10 heterocycles. The molecule has 20 atom stereocenters. The molecule has 0 spiro atoms. The Morgan fingerprint density at radius 1 is 0.469 bits per heavy atom. The molecule has 0 aromatic carbocycles. The van der Waals surface area contributed by atoms with Crippen molar-refractivity contribution in [2.24, 2.45) is 0 Å². The summed E-state index contributed by atoms with van der Waals surface area (Å²) < 4.78 is 30.5. The molecule has 0 unspecified atom stereocenters. The van der Waals surface area contributed by atoms with Gasteiger partial charge in [0.05, 0.1) is 42.8 Å². The van der Waals surface area contributed by atoms with Crippen molar-refractivity contribution in [1.29, 1.82) is 0 Å². The molecule has 638 valence electrons. The molecule has 0 saturated carbocycles. The average molecular weight is 1720 g/mol. The van der Waals surface area contributed by atoms with Crippen molar-refractivity contribution in [3.63, 3.8) is 0 Å². The van der Waals surface area contributed by atoms with Crippen molar-refractivity contribution in [2.75, 3.05) is 118 Å². The number of ether oxygens (including phenoxy) is 5. The number of nitrogens with one attached hydrogen (secondary N) is 8. The van der Waals surface area contributed by atoms with Gasteiger partial charge in [-0.25, -0.2) is 14.4 Å². The van der Waals surface area contributed by atoms with E-state index >= 15 is 0 Å². The zero-order valence-electron chi connectivity index (χ0n) is 67.2. The summed E-state index contributed by atoms with van der Waals surface area (Å²) in [6.45, 7) is 33.0. The monoisotopic (exact) mass is 1720 g/mol. The lowest BCUT2D eigenvalue weighted by molar-refractivity contribution is 0.00492. The molecule has 1 aromatic rings. The first-order valence-electron chi connectivity index (χ1n) is 37.2. The summed E-state index contributed by atoms with van der Waals surface area (Å²) >= 11 is 10.1. The second-order valence-corrected chi connectivity index (χ2v) is 55.5. The highest BCUT2D eigenvalue weighted by atomic mass is 32.1. The molecule has 5 saturated heterocycles. The topological polar surface area (TPSA) is 448 Å². The fraction of sp³-hybridized carbons (Fsp3) is 0.613. The van der Waals surface area contributed by atoms with E-state index in [1.54, 1.807) is 25.6 Å². The number of rotatable bonds is 25. The molecule has 9 aliphatic rings. The maximum Gasteiger partial charge on any atom is 0.329 e. The lowest BCUT2D eigenvalue weighted by Gasteiger charge is -2.31. The minimum atomic E-state index is -1.29. The van der Waals surface area contributed by atoms with Gasteiger partial charge in [-0.15, -0.1) is 65.9 Å². The number of aromatic nitrogens is 2. The van der Waals surface area contributed by atoms with Crippen molar-refractivity contribution in [3.8, 4) is 0 Å². The molecule has 0 bridgehead atoms. The van der Waals surface area contributed by atoms with E-state index in [0.717, 1.165) is 43.8 Å². The van der Waals surface area contributed by atoms with Gasteiger partial charge in [0.1, 0.15) is 98.3 Å². The number of urea groups is 2. The molecule has 0 radical (unpaired) electrons. The van der Waals surface area contributed by atoms with Crippen LogP contribution in [-0.4, -0.2) is 363 Å². The van der Waals surface area contributed by atoms with Crippen LogP contribution in [0.4, 0.5) is 9.59 Å². The van der Waals surface area contributed by atoms with Gasteiger partial charge in [0.15, 0.2) is 10.2 Å². The highest BCUT2D eigenvalue weighted by molar-refractivity contribution is 7.80. The third-order valence-corrected chi connectivity index (χ3v) is 27.6. The van der Waals surface area contributed by atoms with E-state index < -0.39 is 162 Å². The van der Waals surface area contributed by atoms with Crippen molar-refractivity contribution in [3.05, 3.63) is 129 Å². The normalized spacial score (nSPS) is 31.4. The molecule has 9 aliphatic heterocycles. The second-order valence-electron chi connectivity index (χ2n) is 33.2. The van der Waals surface area contributed by atoms with Crippen molar-refractivity contribution in [2.45, 2.75) is 174 Å². The number of aliphatic hydroxyl groups is 11. The van der Waals surface area contributed by atoms with E-state index in [9.17, 15) is 75.3 Å². The Labute approximate surface area is 675 Å². The molecule has 113 heavy (non-hydrogen) atoms. The number of hydrogen-bond donors (Lipinski definition) is 19. The Bertz CT molecular complexity index is 4050. The van der Waals surface area contributed by atoms with Crippen LogP contribution in [0.5, 0.6) is 0 Å². The SMILES string of the molecule is C=C1NC(=O)N(C)C=C1[C@@H]1O[C@H](CCP(=C)(C)C)[C@@H](O)[C@H]1O.C=C1NC(=O)NC=C1[C@@H]1O[C@H](CCP(=C)(C)C)[C@@H](O)[C@H]1O.C=C1NC(=S)N(CO)C=C1[C@@H]1O[C@H](CCP(=C)(C)C)[C@@H](O)[C@H]1O.C=C1NC(=S)NC=C1[C@@H]1O[C@H](CCP(=C)(C)C)[C@@H](O)[C@H]1O.C=P(C)(C)CC[C@H]1O[C@@H](c2cn(CNCCC)c(=O)[nH]c2=O)[C@H](O)[C@@H]1O. The van der Waals surface area contributed by atoms with Gasteiger partial charge < -0.3 is 122 Å². The fourth-order valence-electron chi connectivity index (χ4n) is 13.1. The number of amides is 4. The highest BCUT2D eigenvalue weighted by Gasteiger charge is 2.50. The Morgan fingerprint density at radius 3 is 1.17 bits per heavy atom. The third kappa shape index (κ3) is 28.0. The Balaban J connectivity index is 0.000000220. The third-order valence-electron chi connectivity index (χ3n) is 19.7. The summed E-state index contributed by atoms with van der Waals surface area (Å²) in [5.74, 6) is 0. The Kier molecular flexibility index (Phi) is 35.6. The maximum absolute atomic E-state index is 12.2. The van der Waals surface area contributed by atoms with Crippen LogP contribution in [0, 0.1) is 0 Å². The van der Waals surface area contributed by atoms with Gasteiger partial charge in [0, 0.05) is 83.1 Å². The average Bonchev–Trinajstić information content (AvgIpc) is 1.69. The van der Waals surface area contributed by atoms with Crippen LogP contribution < -0.4 is 48.5 Å². The molecule has 0 aliphatic carbocycles. The summed E-state index contributed by atoms with van der Waals surface area (Å²) in [5, 5.41) is 132. The lowest BCUT2D eigenvalue weighted by atomic mass is 9.99. The van der Waals surface area contributed by atoms with Crippen LogP contribution in [-0.2, 0) is 30.4 Å². The predicted octanol–water partition coefficient (Wildman–Crippen LogP) is 1.23. The van der Waals surface area contributed by atoms with Crippen molar-refractivity contribution in [1.82, 2.24) is 56.6 Å². The number of thiocarbonyl (C=S) groups is 2. The highest BCUT2D eigenvalue weighted by Crippen LogP contribution is 2.45. The van der Waals surface area contributed by atoms with Gasteiger partial charge in [-0.05, 0) is 167 Å². The summed E-state index contributed by atoms with van der Waals surface area (Å²) in [4.78, 5) is 51.9. The lowest BCUT2D eigenvalue weighted by Crippen LogP contribution is -2.44. The quantitative estimate of drug-likeness (QED) is 0.0372. The zero-order valence-corrected chi connectivity index (χ0v) is 73.3. The van der Waals surface area contributed by atoms with Gasteiger partial charge in [-0.1, -0.05) is 33.2 Å². The Morgan fingerprint density at radius 2 is 0.805 bits per heavy atom. The van der Waals surface area contributed by atoms with E-state index in [-0.39, 0.29) is 37.1 Å². The van der Waals surface area contributed by atoms with E-state index in [1.807, 2.05) is 6.92 Å². The number of aromatic amines is 1. The predicted molar refractivity (Wildman–Crippen MR) is 469 cm³/mol. The van der Waals surface area contributed by atoms with Crippen LogP contribution in [0.2, 0.25) is 0 Å². The first-order valence-corrected chi connectivity index (χ1v) is 53.3. The summed E-state index contributed by atoms with van der Waals surface area (Å²) in [7, 11) is 1.60. The van der Waals surface area contributed by atoms with Gasteiger partial charge in [0.25, 0.3) is 5.56 Å². The molecule has 38 heteroatoms. The molecular formula is C75H126N11O20P5S2. The summed E-state index contributed by atoms with van der Waals surface area (Å²) in [6, 6.07) is -0.668. The van der Waals surface area contributed by atoms with Gasteiger partial charge >= 0.3 is 17.8 Å². The van der Waals surface area contributed by atoms with Crippen LogP contribution in [0.25, 0.3) is 0 Å². The van der Waals surface area contributed by atoms with E-state index in [1.165, 1.54) is 26.8 Å². The number of aliphatic hydroxyl groups excluding tert-OH is 11. The first kappa shape index (κ1) is 97.2. The number of carbonyl (C=O) groups is 2. The smallest absolute Gasteiger partial charge is 0.329 e.